The van der Waals surface area contributed by atoms with Gasteiger partial charge in [0.05, 0.1) is 18.7 Å². The Morgan fingerprint density at radius 1 is 1.35 bits per heavy atom. The van der Waals surface area contributed by atoms with E-state index >= 15 is 0 Å². The molecule has 0 amide bonds. The quantitative estimate of drug-likeness (QED) is 0.879. The number of nitrogens with two attached hydrogens (primary N) is 1. The Kier molecular flexibility index (Phi) is 3.61. The van der Waals surface area contributed by atoms with Gasteiger partial charge < -0.3 is 15.2 Å². The van der Waals surface area contributed by atoms with Gasteiger partial charge in [0.25, 0.3) is 0 Å². The predicted molar refractivity (Wildman–Crippen MR) is 68.7 cm³/mol. The molecule has 0 aliphatic heterocycles. The summed E-state index contributed by atoms with van der Waals surface area (Å²) < 4.78 is 10.5. The van der Waals surface area contributed by atoms with Crippen molar-refractivity contribution in [3.05, 3.63) is 28.3 Å². The highest BCUT2D eigenvalue weighted by Crippen LogP contribution is 2.50. The lowest BCUT2D eigenvalue weighted by Crippen LogP contribution is -2.21. The van der Waals surface area contributed by atoms with Gasteiger partial charge in [0.1, 0.15) is 5.75 Å². The smallest absolute Gasteiger partial charge is 0.137 e. The van der Waals surface area contributed by atoms with Gasteiger partial charge in [0.2, 0.25) is 0 Å². The third-order valence-electron chi connectivity index (χ3n) is 3.49. The first-order valence-corrected chi connectivity index (χ1v) is 6.10. The van der Waals surface area contributed by atoms with Gasteiger partial charge in [-0.05, 0) is 36.1 Å². The third-order valence-corrected chi connectivity index (χ3v) is 3.79. The van der Waals surface area contributed by atoms with Crippen LogP contribution in [0.3, 0.4) is 0 Å². The minimum Gasteiger partial charge on any atom is -0.495 e. The molecular formula is C13H18ClNO2. The molecule has 1 aromatic rings. The van der Waals surface area contributed by atoms with E-state index in [1.807, 2.05) is 12.1 Å². The number of ether oxygens (including phenoxy) is 2. The van der Waals surface area contributed by atoms with Crippen molar-refractivity contribution in [3.8, 4) is 5.75 Å². The van der Waals surface area contributed by atoms with Crippen LogP contribution in [-0.2, 0) is 16.8 Å². The molecule has 0 saturated heterocycles. The lowest BCUT2D eigenvalue weighted by Gasteiger charge is -2.19. The largest absolute Gasteiger partial charge is 0.495 e. The van der Waals surface area contributed by atoms with Gasteiger partial charge in [0.15, 0.2) is 0 Å². The van der Waals surface area contributed by atoms with E-state index in [0.717, 1.165) is 18.4 Å². The molecule has 1 aliphatic rings. The van der Waals surface area contributed by atoms with E-state index in [0.29, 0.717) is 23.9 Å². The van der Waals surface area contributed by atoms with Gasteiger partial charge >= 0.3 is 0 Å². The molecule has 0 aromatic heterocycles. The van der Waals surface area contributed by atoms with E-state index in [1.165, 1.54) is 5.56 Å². The highest BCUT2D eigenvalue weighted by atomic mass is 35.5. The second-order valence-electron chi connectivity index (χ2n) is 4.56. The molecule has 4 heteroatoms. The summed E-state index contributed by atoms with van der Waals surface area (Å²) in [4.78, 5) is 0. The minimum absolute atomic E-state index is 0.115. The van der Waals surface area contributed by atoms with Crippen LogP contribution in [0.1, 0.15) is 24.0 Å². The Morgan fingerprint density at radius 2 is 2.06 bits per heavy atom. The third kappa shape index (κ3) is 2.28. The number of hydrogen-bond donors (Lipinski definition) is 1. The Hall–Kier alpha value is -0.770. The average molecular weight is 256 g/mol. The summed E-state index contributed by atoms with van der Waals surface area (Å²) in [5, 5.41) is 0.641. The van der Waals surface area contributed by atoms with Crippen LogP contribution in [0.2, 0.25) is 5.02 Å². The van der Waals surface area contributed by atoms with Crippen molar-refractivity contribution in [2.45, 2.75) is 24.9 Å². The second-order valence-corrected chi connectivity index (χ2v) is 4.97. The first kappa shape index (κ1) is 12.7. The molecular weight excluding hydrogens is 238 g/mol. The molecule has 17 heavy (non-hydrogen) atoms. The Balaban J connectivity index is 2.46. The monoisotopic (exact) mass is 255 g/mol. The Labute approximate surface area is 107 Å². The van der Waals surface area contributed by atoms with Crippen molar-refractivity contribution in [2.24, 2.45) is 5.73 Å². The molecule has 0 bridgehead atoms. The first-order chi connectivity index (χ1) is 8.16. The molecule has 2 rings (SSSR count). The van der Waals surface area contributed by atoms with Crippen LogP contribution >= 0.6 is 11.6 Å². The molecule has 2 N–H and O–H groups in total. The fourth-order valence-electron chi connectivity index (χ4n) is 2.25. The zero-order valence-electron chi connectivity index (χ0n) is 10.3. The number of benzene rings is 1. The van der Waals surface area contributed by atoms with Crippen LogP contribution in [0.5, 0.6) is 5.75 Å². The normalized spacial score (nSPS) is 16.9. The summed E-state index contributed by atoms with van der Waals surface area (Å²) in [5.41, 5.74) is 8.32. The summed E-state index contributed by atoms with van der Waals surface area (Å²) in [6, 6.07) is 3.94. The van der Waals surface area contributed by atoms with E-state index < -0.39 is 0 Å². The molecule has 1 aromatic carbocycles. The van der Waals surface area contributed by atoms with Crippen molar-refractivity contribution in [3.63, 3.8) is 0 Å². The number of hydrogen-bond acceptors (Lipinski definition) is 3. The lowest BCUT2D eigenvalue weighted by molar-refractivity contribution is 0.183. The predicted octanol–water partition coefficient (Wildman–Crippen LogP) is 2.49. The number of rotatable bonds is 5. The maximum absolute atomic E-state index is 6.19. The van der Waals surface area contributed by atoms with E-state index in [4.69, 9.17) is 26.8 Å². The highest BCUT2D eigenvalue weighted by molar-refractivity contribution is 6.32. The summed E-state index contributed by atoms with van der Waals surface area (Å²) in [7, 11) is 3.31. The zero-order chi connectivity index (χ0) is 12.5. The fraction of sp³-hybridized carbons (Fsp3) is 0.538. The number of methoxy groups -OCH3 is 2. The Bertz CT molecular complexity index is 416. The summed E-state index contributed by atoms with van der Waals surface area (Å²) in [6.07, 6.45) is 2.26. The van der Waals surface area contributed by atoms with Crippen LogP contribution in [-0.4, -0.2) is 20.8 Å². The van der Waals surface area contributed by atoms with Crippen LogP contribution in [0, 0.1) is 0 Å². The van der Waals surface area contributed by atoms with Crippen molar-refractivity contribution in [1.82, 2.24) is 0 Å². The molecule has 0 heterocycles. The van der Waals surface area contributed by atoms with E-state index in [1.54, 1.807) is 14.2 Å². The first-order valence-electron chi connectivity index (χ1n) is 5.73. The van der Waals surface area contributed by atoms with E-state index in [9.17, 15) is 0 Å². The lowest BCUT2D eigenvalue weighted by atomic mass is 9.91. The molecule has 3 nitrogen and oxygen atoms in total. The van der Waals surface area contributed by atoms with Gasteiger partial charge in [-0.15, -0.1) is 0 Å². The van der Waals surface area contributed by atoms with Gasteiger partial charge in [-0.25, -0.2) is 0 Å². The summed E-state index contributed by atoms with van der Waals surface area (Å²) in [5.74, 6) is 0.690. The van der Waals surface area contributed by atoms with Gasteiger partial charge in [-0.3, -0.25) is 0 Å². The van der Waals surface area contributed by atoms with Crippen molar-refractivity contribution in [1.29, 1.82) is 0 Å². The summed E-state index contributed by atoms with van der Waals surface area (Å²) in [6.45, 7) is 1.22. The van der Waals surface area contributed by atoms with Crippen molar-refractivity contribution < 1.29 is 9.47 Å². The maximum Gasteiger partial charge on any atom is 0.137 e. The van der Waals surface area contributed by atoms with Crippen molar-refractivity contribution >= 4 is 11.6 Å². The van der Waals surface area contributed by atoms with Gasteiger partial charge in [0, 0.05) is 19.1 Å². The molecule has 1 saturated carbocycles. The van der Waals surface area contributed by atoms with Crippen LogP contribution in [0.25, 0.3) is 0 Å². The standard InChI is InChI=1S/C13H18ClNO2/c1-16-7-9-5-12(17-2)11(14)6-10(9)13(8-15)3-4-13/h5-6H,3-4,7-8,15H2,1-2H3. The summed E-state index contributed by atoms with van der Waals surface area (Å²) >= 11 is 6.19. The van der Waals surface area contributed by atoms with Crippen molar-refractivity contribution in [2.75, 3.05) is 20.8 Å². The molecule has 1 fully saturated rings. The Morgan fingerprint density at radius 3 is 2.53 bits per heavy atom. The molecule has 94 valence electrons. The minimum atomic E-state index is 0.115. The zero-order valence-corrected chi connectivity index (χ0v) is 11.0. The highest BCUT2D eigenvalue weighted by Gasteiger charge is 2.44. The number of halogens is 1. The molecule has 0 unspecified atom stereocenters. The second kappa shape index (κ2) is 4.84. The molecule has 1 aliphatic carbocycles. The molecule has 0 radical (unpaired) electrons. The van der Waals surface area contributed by atoms with Gasteiger partial charge in [-0.1, -0.05) is 11.6 Å². The maximum atomic E-state index is 6.19. The average Bonchev–Trinajstić information content (AvgIpc) is 3.12. The molecule has 0 spiro atoms. The van der Waals surface area contributed by atoms with Gasteiger partial charge in [-0.2, -0.15) is 0 Å². The van der Waals surface area contributed by atoms with Crippen LogP contribution < -0.4 is 10.5 Å². The molecule has 0 atom stereocenters. The van der Waals surface area contributed by atoms with E-state index in [2.05, 4.69) is 0 Å². The SMILES string of the molecule is COCc1cc(OC)c(Cl)cc1C1(CN)CC1. The fourth-order valence-corrected chi connectivity index (χ4v) is 2.50. The van der Waals surface area contributed by atoms with Crippen LogP contribution in [0.15, 0.2) is 12.1 Å². The van der Waals surface area contributed by atoms with E-state index in [-0.39, 0.29) is 5.41 Å². The topological polar surface area (TPSA) is 44.5 Å². The van der Waals surface area contributed by atoms with Crippen LogP contribution in [0.4, 0.5) is 0 Å².